The van der Waals surface area contributed by atoms with Gasteiger partial charge in [0, 0.05) is 25.6 Å². The van der Waals surface area contributed by atoms with Crippen molar-refractivity contribution in [2.24, 2.45) is 5.92 Å². The third-order valence-electron chi connectivity index (χ3n) is 7.14. The summed E-state index contributed by atoms with van der Waals surface area (Å²) in [4.78, 5) is 33.3. The highest BCUT2D eigenvalue weighted by atomic mass is 16.2. The first kappa shape index (κ1) is 23.8. The minimum Gasteiger partial charge on any atom is -0.355 e. The molecule has 1 saturated heterocycles. The number of aromatic nitrogens is 2. The van der Waals surface area contributed by atoms with Gasteiger partial charge in [-0.1, -0.05) is 79.7 Å². The number of nitrogens with zero attached hydrogens (tertiary/aromatic N) is 3. The van der Waals surface area contributed by atoms with E-state index in [1.807, 2.05) is 82.3 Å². The van der Waals surface area contributed by atoms with Gasteiger partial charge in [0.1, 0.15) is 0 Å². The molecule has 3 aromatic carbocycles. The van der Waals surface area contributed by atoms with Crippen LogP contribution in [0, 0.1) is 5.92 Å². The number of para-hydroxylation sites is 2. The maximum atomic E-state index is 13.6. The van der Waals surface area contributed by atoms with Gasteiger partial charge in [-0.15, -0.1) is 0 Å². The monoisotopic (exact) mass is 480 g/mol. The summed E-state index contributed by atoms with van der Waals surface area (Å²) in [7, 11) is 0. The van der Waals surface area contributed by atoms with Crippen LogP contribution < -0.4 is 15.8 Å². The lowest BCUT2D eigenvalue weighted by atomic mass is 9.95. The first-order valence-corrected chi connectivity index (χ1v) is 12.7. The molecule has 6 heteroatoms. The van der Waals surface area contributed by atoms with Crippen molar-refractivity contribution >= 4 is 22.8 Å². The zero-order chi connectivity index (χ0) is 24.9. The van der Waals surface area contributed by atoms with Crippen LogP contribution in [0.3, 0.4) is 0 Å². The van der Waals surface area contributed by atoms with E-state index >= 15 is 0 Å². The van der Waals surface area contributed by atoms with Crippen molar-refractivity contribution in [3.05, 3.63) is 106 Å². The van der Waals surface area contributed by atoms with Crippen LogP contribution in [0.5, 0.6) is 0 Å². The van der Waals surface area contributed by atoms with E-state index < -0.39 is 0 Å². The average Bonchev–Trinajstić information content (AvgIpc) is 2.94. The fourth-order valence-electron chi connectivity index (χ4n) is 4.96. The number of carbonyl (C=O) groups is 1. The zero-order valence-electron chi connectivity index (χ0n) is 20.6. The zero-order valence-corrected chi connectivity index (χ0v) is 20.6. The lowest BCUT2D eigenvalue weighted by Crippen LogP contribution is -2.43. The number of amides is 1. The second kappa shape index (κ2) is 10.8. The number of fused-ring (bicyclic) bond motifs is 1. The number of anilines is 1. The summed E-state index contributed by atoms with van der Waals surface area (Å²) in [5.41, 5.74) is 3.84. The largest absolute Gasteiger partial charge is 0.355 e. The molecular weight excluding hydrogens is 448 g/mol. The van der Waals surface area contributed by atoms with Crippen LogP contribution in [0.15, 0.2) is 89.7 Å². The van der Waals surface area contributed by atoms with Gasteiger partial charge in [0.2, 0.25) is 5.91 Å². The summed E-state index contributed by atoms with van der Waals surface area (Å²) < 4.78 is 1.82. The predicted molar refractivity (Wildman–Crippen MR) is 144 cm³/mol. The number of rotatable bonds is 7. The minimum absolute atomic E-state index is 0.0452. The summed E-state index contributed by atoms with van der Waals surface area (Å²) in [6.07, 6.45) is 1.41. The Bertz CT molecular complexity index is 1380. The number of carbonyl (C=O) groups excluding carboxylic acids is 1. The predicted octanol–water partition coefficient (Wildman–Crippen LogP) is 4.58. The maximum Gasteiger partial charge on any atom is 0.294 e. The molecule has 5 rings (SSSR count). The lowest BCUT2D eigenvalue weighted by Gasteiger charge is -2.32. The highest BCUT2D eigenvalue weighted by molar-refractivity contribution is 5.79. The second-order valence-corrected chi connectivity index (χ2v) is 9.62. The Balaban J connectivity index is 1.28. The molecule has 0 saturated carbocycles. The molecule has 1 fully saturated rings. The van der Waals surface area contributed by atoms with Gasteiger partial charge in [-0.25, -0.2) is 4.98 Å². The summed E-state index contributed by atoms with van der Waals surface area (Å²) in [6, 6.07) is 28.0. The molecule has 4 aromatic rings. The quantitative estimate of drug-likeness (QED) is 0.420. The fraction of sp³-hybridized carbons (Fsp3) is 0.300. The number of piperidine rings is 1. The Hall–Kier alpha value is -3.93. The van der Waals surface area contributed by atoms with Crippen molar-refractivity contribution in [2.75, 3.05) is 24.5 Å². The third kappa shape index (κ3) is 5.18. The van der Waals surface area contributed by atoms with Gasteiger partial charge in [0.05, 0.1) is 17.6 Å². The Kier molecular flexibility index (Phi) is 7.12. The molecule has 1 N–H and O–H groups in total. The fourth-order valence-corrected chi connectivity index (χ4v) is 4.96. The molecule has 1 aromatic heterocycles. The van der Waals surface area contributed by atoms with Crippen molar-refractivity contribution in [3.63, 3.8) is 0 Å². The molecule has 1 aliphatic heterocycles. The Morgan fingerprint density at radius 3 is 2.31 bits per heavy atom. The van der Waals surface area contributed by atoms with Crippen molar-refractivity contribution in [1.29, 1.82) is 0 Å². The van der Waals surface area contributed by atoms with Crippen LogP contribution in [-0.2, 0) is 11.3 Å². The summed E-state index contributed by atoms with van der Waals surface area (Å²) >= 11 is 0. The van der Waals surface area contributed by atoms with Crippen molar-refractivity contribution in [3.8, 4) is 0 Å². The lowest BCUT2D eigenvalue weighted by molar-refractivity contribution is -0.125. The number of hydrogen-bond acceptors (Lipinski definition) is 4. The second-order valence-electron chi connectivity index (χ2n) is 9.62. The Morgan fingerprint density at radius 2 is 1.58 bits per heavy atom. The molecule has 0 spiro atoms. The minimum atomic E-state index is -0.0860. The van der Waals surface area contributed by atoms with Gasteiger partial charge in [0.15, 0.2) is 5.82 Å². The van der Waals surface area contributed by atoms with Crippen LogP contribution in [0.2, 0.25) is 0 Å². The Labute approximate surface area is 211 Å². The van der Waals surface area contributed by atoms with Crippen LogP contribution in [0.4, 0.5) is 5.82 Å². The highest BCUT2D eigenvalue weighted by Gasteiger charge is 2.28. The number of benzene rings is 3. The molecule has 184 valence electrons. The number of nitrogens with one attached hydrogen (secondary N) is 1. The molecule has 2 heterocycles. The van der Waals surface area contributed by atoms with Crippen LogP contribution in [0.1, 0.15) is 36.8 Å². The molecule has 0 aliphatic carbocycles. The van der Waals surface area contributed by atoms with E-state index in [2.05, 4.69) is 24.4 Å². The molecule has 6 nitrogen and oxygen atoms in total. The van der Waals surface area contributed by atoms with E-state index in [9.17, 15) is 9.59 Å². The van der Waals surface area contributed by atoms with E-state index in [4.69, 9.17) is 4.98 Å². The van der Waals surface area contributed by atoms with Gasteiger partial charge in [0.25, 0.3) is 5.56 Å². The summed E-state index contributed by atoms with van der Waals surface area (Å²) in [5, 5.41) is 3.14. The van der Waals surface area contributed by atoms with Gasteiger partial charge in [-0.05, 0) is 42.0 Å². The molecular formula is C30H32N4O2. The first-order valence-electron chi connectivity index (χ1n) is 12.7. The molecule has 0 unspecified atom stereocenters. The summed E-state index contributed by atoms with van der Waals surface area (Å²) in [5.74, 6) is 0.794. The van der Waals surface area contributed by atoms with Gasteiger partial charge >= 0.3 is 0 Å². The maximum absolute atomic E-state index is 13.6. The smallest absolute Gasteiger partial charge is 0.294 e. The Morgan fingerprint density at radius 1 is 0.944 bits per heavy atom. The number of hydrogen-bond donors (Lipinski definition) is 1. The first-order chi connectivity index (χ1) is 17.6. The van der Waals surface area contributed by atoms with Crippen molar-refractivity contribution in [2.45, 2.75) is 32.2 Å². The molecule has 1 atom stereocenters. The highest BCUT2D eigenvalue weighted by Crippen LogP contribution is 2.23. The van der Waals surface area contributed by atoms with Crippen LogP contribution >= 0.6 is 0 Å². The van der Waals surface area contributed by atoms with E-state index in [1.54, 1.807) is 0 Å². The van der Waals surface area contributed by atoms with Crippen molar-refractivity contribution < 1.29 is 4.79 Å². The third-order valence-corrected chi connectivity index (χ3v) is 7.14. The van der Waals surface area contributed by atoms with E-state index in [-0.39, 0.29) is 23.3 Å². The van der Waals surface area contributed by atoms with Gasteiger partial charge < -0.3 is 10.2 Å². The molecule has 0 bridgehead atoms. The van der Waals surface area contributed by atoms with Crippen molar-refractivity contribution in [1.82, 2.24) is 14.9 Å². The van der Waals surface area contributed by atoms with E-state index in [1.165, 1.54) is 5.56 Å². The molecule has 1 amide bonds. The normalized spacial score (nSPS) is 15.1. The molecule has 0 radical (unpaired) electrons. The summed E-state index contributed by atoms with van der Waals surface area (Å²) in [6.45, 7) is 4.52. The molecule has 36 heavy (non-hydrogen) atoms. The van der Waals surface area contributed by atoms with Crippen LogP contribution in [-0.4, -0.2) is 35.1 Å². The van der Waals surface area contributed by atoms with Crippen LogP contribution in [0.25, 0.3) is 11.0 Å². The average molecular weight is 481 g/mol. The SMILES string of the molecule is C[C@@H](CNC(=O)C1CCN(c2nc3ccccc3n(Cc3ccccc3)c2=O)CC1)c1ccccc1. The molecule has 1 aliphatic rings. The standard InChI is InChI=1S/C30H32N4O2/c1-22(24-12-6-3-7-13-24)20-31-29(35)25-16-18-33(19-17-25)28-30(36)34(21-23-10-4-2-5-11-23)27-15-9-8-14-26(27)32-28/h2-15,22,25H,16-21H2,1H3,(H,31,35)/t22-/m0/s1. The van der Waals surface area contributed by atoms with Gasteiger partial charge in [-0.3, -0.25) is 14.2 Å². The van der Waals surface area contributed by atoms with Gasteiger partial charge in [-0.2, -0.15) is 0 Å². The topological polar surface area (TPSA) is 67.2 Å². The van der Waals surface area contributed by atoms with E-state index in [0.29, 0.717) is 44.8 Å². The van der Waals surface area contributed by atoms with E-state index in [0.717, 1.165) is 16.6 Å².